The van der Waals surface area contributed by atoms with Gasteiger partial charge < -0.3 is 19.7 Å². The van der Waals surface area contributed by atoms with Crippen LogP contribution in [0.5, 0.6) is 11.5 Å². The quantitative estimate of drug-likeness (QED) is 0.571. The van der Waals surface area contributed by atoms with Crippen molar-refractivity contribution in [2.24, 2.45) is 0 Å². The van der Waals surface area contributed by atoms with Crippen molar-refractivity contribution in [2.45, 2.75) is 46.2 Å². The number of rotatable bonds is 11. The van der Waals surface area contributed by atoms with Gasteiger partial charge in [-0.05, 0) is 43.5 Å². The molecular formula is C24H32N2O4. The molecule has 0 aliphatic carbocycles. The summed E-state index contributed by atoms with van der Waals surface area (Å²) in [5.41, 5.74) is 2.07. The average Bonchev–Trinajstić information content (AvgIpc) is 2.76. The van der Waals surface area contributed by atoms with E-state index in [0.29, 0.717) is 24.6 Å². The Hall–Kier alpha value is -3.02. The van der Waals surface area contributed by atoms with E-state index in [1.54, 1.807) is 31.1 Å². The van der Waals surface area contributed by atoms with Crippen molar-refractivity contribution >= 4 is 11.8 Å². The molecule has 0 saturated heterocycles. The van der Waals surface area contributed by atoms with Crippen LogP contribution in [0.25, 0.3) is 0 Å². The highest BCUT2D eigenvalue weighted by Gasteiger charge is 2.27. The highest BCUT2D eigenvalue weighted by molar-refractivity contribution is 5.88. The number of carbonyl (C=O) groups excluding carboxylic acids is 2. The fourth-order valence-electron chi connectivity index (χ4n) is 3.05. The molecule has 0 bridgehead atoms. The van der Waals surface area contributed by atoms with Gasteiger partial charge in [-0.25, -0.2) is 0 Å². The summed E-state index contributed by atoms with van der Waals surface area (Å²) < 4.78 is 11.0. The second kappa shape index (κ2) is 11.9. The summed E-state index contributed by atoms with van der Waals surface area (Å²) in [6.07, 6.45) is 1.90. The summed E-state index contributed by atoms with van der Waals surface area (Å²) in [6.45, 7) is 6.57. The Balaban J connectivity index is 2.15. The maximum atomic E-state index is 13.1. The summed E-state index contributed by atoms with van der Waals surface area (Å²) in [5, 5.41) is 2.92. The van der Waals surface area contributed by atoms with E-state index in [-0.39, 0.29) is 18.4 Å². The van der Waals surface area contributed by atoms with E-state index in [0.717, 1.165) is 24.0 Å². The molecule has 1 atom stereocenters. The molecule has 0 saturated carbocycles. The summed E-state index contributed by atoms with van der Waals surface area (Å²) in [7, 11) is 1.55. The lowest BCUT2D eigenvalue weighted by Crippen LogP contribution is -2.49. The van der Waals surface area contributed by atoms with Crippen LogP contribution in [0.15, 0.2) is 48.5 Å². The fourth-order valence-corrected chi connectivity index (χ4v) is 3.05. The number of nitrogens with one attached hydrogen (secondary N) is 1. The maximum Gasteiger partial charge on any atom is 0.261 e. The molecule has 162 valence electrons. The summed E-state index contributed by atoms with van der Waals surface area (Å²) in [5.74, 6) is 0.621. The number of para-hydroxylation sites is 2. The Labute approximate surface area is 179 Å². The molecule has 0 aliphatic heterocycles. The highest BCUT2D eigenvalue weighted by atomic mass is 16.5. The van der Waals surface area contributed by atoms with Crippen molar-refractivity contribution in [3.8, 4) is 11.5 Å². The number of aryl methyl sites for hydroxylation is 1. The van der Waals surface area contributed by atoms with Gasteiger partial charge in [-0.3, -0.25) is 9.59 Å². The number of methoxy groups -OCH3 is 1. The van der Waals surface area contributed by atoms with Crippen LogP contribution in [0.3, 0.4) is 0 Å². The van der Waals surface area contributed by atoms with Crippen molar-refractivity contribution in [1.82, 2.24) is 10.2 Å². The smallest absolute Gasteiger partial charge is 0.261 e. The van der Waals surface area contributed by atoms with Gasteiger partial charge in [0.15, 0.2) is 18.1 Å². The molecule has 30 heavy (non-hydrogen) atoms. The predicted octanol–water partition coefficient (Wildman–Crippen LogP) is 3.72. The van der Waals surface area contributed by atoms with Crippen LogP contribution in [0.4, 0.5) is 0 Å². The summed E-state index contributed by atoms with van der Waals surface area (Å²) in [6, 6.07) is 14.4. The number of ether oxygens (including phenoxy) is 2. The zero-order valence-corrected chi connectivity index (χ0v) is 18.3. The molecule has 1 N–H and O–H groups in total. The van der Waals surface area contributed by atoms with Crippen LogP contribution in [0.2, 0.25) is 0 Å². The molecular weight excluding hydrogens is 380 g/mol. The van der Waals surface area contributed by atoms with Gasteiger partial charge in [-0.2, -0.15) is 0 Å². The minimum atomic E-state index is -0.616. The molecule has 6 heteroatoms. The van der Waals surface area contributed by atoms with E-state index < -0.39 is 6.04 Å². The van der Waals surface area contributed by atoms with Gasteiger partial charge in [-0.1, -0.05) is 49.7 Å². The molecule has 0 fully saturated rings. The average molecular weight is 413 g/mol. The van der Waals surface area contributed by atoms with Gasteiger partial charge in [0.25, 0.3) is 5.91 Å². The van der Waals surface area contributed by atoms with Gasteiger partial charge in [0.2, 0.25) is 5.91 Å². The molecule has 0 heterocycles. The first-order chi connectivity index (χ1) is 14.5. The monoisotopic (exact) mass is 412 g/mol. The zero-order valence-electron chi connectivity index (χ0n) is 18.3. The lowest BCUT2D eigenvalue weighted by atomic mass is 10.1. The molecule has 2 rings (SSSR count). The number of carbonyl (C=O) groups is 2. The number of hydrogen-bond donors (Lipinski definition) is 1. The van der Waals surface area contributed by atoms with Crippen molar-refractivity contribution in [3.05, 3.63) is 59.7 Å². The van der Waals surface area contributed by atoms with Gasteiger partial charge >= 0.3 is 0 Å². The first-order valence-electron chi connectivity index (χ1n) is 10.3. The van der Waals surface area contributed by atoms with E-state index in [1.165, 1.54) is 0 Å². The van der Waals surface area contributed by atoms with Crippen LogP contribution in [0, 0.1) is 6.92 Å². The van der Waals surface area contributed by atoms with Gasteiger partial charge in [-0.15, -0.1) is 0 Å². The topological polar surface area (TPSA) is 67.9 Å². The number of unbranched alkanes of at least 4 members (excludes halogenated alkanes) is 1. The number of benzene rings is 2. The minimum absolute atomic E-state index is 0.164. The zero-order chi connectivity index (χ0) is 21.9. The Morgan fingerprint density at radius 1 is 1.07 bits per heavy atom. The van der Waals surface area contributed by atoms with Crippen molar-refractivity contribution in [2.75, 3.05) is 20.3 Å². The van der Waals surface area contributed by atoms with E-state index in [4.69, 9.17) is 9.47 Å². The third-order valence-electron chi connectivity index (χ3n) is 5.02. The lowest BCUT2D eigenvalue weighted by Gasteiger charge is -2.29. The standard InChI is InChI=1S/C24H32N2O4/c1-5-6-15-25-24(28)19(3)26(16-20-12-8-7-11-18(20)2)23(27)17-30-22-14-10-9-13-21(22)29-4/h7-14,19H,5-6,15-17H2,1-4H3,(H,25,28)/t19-/m1/s1. The molecule has 6 nitrogen and oxygen atoms in total. The van der Waals surface area contributed by atoms with Gasteiger partial charge in [0, 0.05) is 13.1 Å². The minimum Gasteiger partial charge on any atom is -0.493 e. The second-order valence-corrected chi connectivity index (χ2v) is 7.21. The molecule has 0 unspecified atom stereocenters. The molecule has 0 spiro atoms. The van der Waals surface area contributed by atoms with Crippen LogP contribution >= 0.6 is 0 Å². The first kappa shape index (κ1) is 23.3. The van der Waals surface area contributed by atoms with Crippen LogP contribution < -0.4 is 14.8 Å². The third kappa shape index (κ3) is 6.51. The SMILES string of the molecule is CCCCNC(=O)[C@@H](C)N(Cc1ccccc1C)C(=O)COc1ccccc1OC. The summed E-state index contributed by atoms with van der Waals surface area (Å²) in [4.78, 5) is 27.3. The van der Waals surface area contributed by atoms with Crippen LogP contribution in [-0.4, -0.2) is 43.0 Å². The first-order valence-corrected chi connectivity index (χ1v) is 10.3. The van der Waals surface area contributed by atoms with Crippen molar-refractivity contribution in [1.29, 1.82) is 0 Å². The Morgan fingerprint density at radius 2 is 1.73 bits per heavy atom. The van der Waals surface area contributed by atoms with Crippen molar-refractivity contribution < 1.29 is 19.1 Å². The number of amides is 2. The molecule has 2 aromatic carbocycles. The highest BCUT2D eigenvalue weighted by Crippen LogP contribution is 2.26. The van der Waals surface area contributed by atoms with Crippen LogP contribution in [-0.2, 0) is 16.1 Å². The van der Waals surface area contributed by atoms with Crippen molar-refractivity contribution in [3.63, 3.8) is 0 Å². The molecule has 0 aromatic heterocycles. The predicted molar refractivity (Wildman–Crippen MR) is 118 cm³/mol. The largest absolute Gasteiger partial charge is 0.493 e. The normalized spacial score (nSPS) is 11.5. The molecule has 2 amide bonds. The van der Waals surface area contributed by atoms with E-state index in [2.05, 4.69) is 12.2 Å². The van der Waals surface area contributed by atoms with Crippen LogP contribution in [0.1, 0.15) is 37.8 Å². The second-order valence-electron chi connectivity index (χ2n) is 7.21. The fraction of sp³-hybridized carbons (Fsp3) is 0.417. The Kier molecular flexibility index (Phi) is 9.19. The lowest BCUT2D eigenvalue weighted by molar-refractivity contribution is -0.142. The molecule has 2 aromatic rings. The molecule has 0 radical (unpaired) electrons. The number of hydrogen-bond acceptors (Lipinski definition) is 4. The van der Waals surface area contributed by atoms with Gasteiger partial charge in [0.05, 0.1) is 7.11 Å². The Morgan fingerprint density at radius 3 is 2.40 bits per heavy atom. The van der Waals surface area contributed by atoms with E-state index in [9.17, 15) is 9.59 Å². The van der Waals surface area contributed by atoms with Gasteiger partial charge in [0.1, 0.15) is 6.04 Å². The Bertz CT molecular complexity index is 837. The van der Waals surface area contributed by atoms with E-state index in [1.807, 2.05) is 43.3 Å². The van der Waals surface area contributed by atoms with E-state index >= 15 is 0 Å². The maximum absolute atomic E-state index is 13.1. The molecule has 0 aliphatic rings. The summed E-state index contributed by atoms with van der Waals surface area (Å²) >= 11 is 0. The number of nitrogens with zero attached hydrogens (tertiary/aromatic N) is 1. The third-order valence-corrected chi connectivity index (χ3v) is 5.02.